The summed E-state index contributed by atoms with van der Waals surface area (Å²) in [6, 6.07) is 7.03. The monoisotopic (exact) mass is 529 g/mol. The largest absolute Gasteiger partial charge is 0.417 e. The average Bonchev–Trinajstić information content (AvgIpc) is 3.46. The molecule has 11 heteroatoms. The normalized spacial score (nSPS) is 27.9. The van der Waals surface area contributed by atoms with Crippen molar-refractivity contribution < 1.29 is 26.7 Å². The van der Waals surface area contributed by atoms with E-state index in [1.54, 1.807) is 29.2 Å². The Morgan fingerprint density at radius 2 is 1.83 bits per heavy atom. The number of anilines is 1. The molecule has 0 bridgehead atoms. The van der Waals surface area contributed by atoms with Gasteiger partial charge in [0.1, 0.15) is 10.7 Å². The number of nitrogens with zero attached hydrogens (tertiary/aromatic N) is 3. The van der Waals surface area contributed by atoms with Gasteiger partial charge in [-0.15, -0.1) is 0 Å². The van der Waals surface area contributed by atoms with Crippen molar-refractivity contribution in [1.82, 2.24) is 9.29 Å². The van der Waals surface area contributed by atoms with Crippen molar-refractivity contribution in [3.05, 3.63) is 52.7 Å². The summed E-state index contributed by atoms with van der Waals surface area (Å²) in [6.45, 7) is 1.16. The molecule has 0 radical (unpaired) electrons. The minimum absolute atomic E-state index is 0.106. The summed E-state index contributed by atoms with van der Waals surface area (Å²) < 4.78 is 70.8. The number of aliphatic hydroxyl groups is 1. The molecule has 35 heavy (non-hydrogen) atoms. The van der Waals surface area contributed by atoms with E-state index < -0.39 is 32.7 Å². The maximum absolute atomic E-state index is 14.2. The molecular formula is C24H27ClF3N3O3S. The van der Waals surface area contributed by atoms with Gasteiger partial charge in [0, 0.05) is 30.9 Å². The van der Waals surface area contributed by atoms with Crippen LogP contribution in [-0.4, -0.2) is 48.6 Å². The van der Waals surface area contributed by atoms with Crippen molar-refractivity contribution in [3.63, 3.8) is 0 Å². The zero-order valence-electron chi connectivity index (χ0n) is 19.0. The molecule has 0 spiro atoms. The highest BCUT2D eigenvalue weighted by Crippen LogP contribution is 2.44. The molecule has 3 heterocycles. The van der Waals surface area contributed by atoms with Gasteiger partial charge in [0.05, 0.1) is 17.7 Å². The number of aromatic nitrogens is 1. The van der Waals surface area contributed by atoms with Crippen LogP contribution >= 0.6 is 11.6 Å². The van der Waals surface area contributed by atoms with E-state index in [0.29, 0.717) is 55.3 Å². The minimum atomic E-state index is -4.87. The molecule has 1 N–H and O–H groups in total. The highest BCUT2D eigenvalue weighted by atomic mass is 35.5. The van der Waals surface area contributed by atoms with Crippen LogP contribution in [0.1, 0.15) is 49.3 Å². The van der Waals surface area contributed by atoms with Crippen LogP contribution in [0.25, 0.3) is 0 Å². The van der Waals surface area contributed by atoms with E-state index in [4.69, 9.17) is 11.6 Å². The van der Waals surface area contributed by atoms with E-state index in [1.165, 1.54) is 0 Å². The first-order chi connectivity index (χ1) is 16.6. The second kappa shape index (κ2) is 9.21. The fourth-order valence-electron chi connectivity index (χ4n) is 5.84. The maximum atomic E-state index is 14.2. The minimum Gasteiger partial charge on any atom is -0.393 e. The molecule has 1 aromatic carbocycles. The Bertz CT molecular complexity index is 1210. The first-order valence-corrected chi connectivity index (χ1v) is 13.6. The SMILES string of the molecule is O=S(=O)(c1cnc(N2C[C@H]3CC[C@@H](O)C[C@H]3C2)cc1C(F)(F)F)N1CCCC1c1ccccc1Cl. The molecule has 2 aliphatic heterocycles. The van der Waals surface area contributed by atoms with Gasteiger partial charge < -0.3 is 10.0 Å². The zero-order valence-corrected chi connectivity index (χ0v) is 20.5. The number of hydrogen-bond donors (Lipinski definition) is 1. The molecule has 1 unspecified atom stereocenters. The molecule has 1 aliphatic carbocycles. The van der Waals surface area contributed by atoms with Crippen molar-refractivity contribution in [3.8, 4) is 0 Å². The van der Waals surface area contributed by atoms with E-state index in [0.717, 1.165) is 23.0 Å². The Balaban J connectivity index is 1.49. The molecule has 0 amide bonds. The third-order valence-electron chi connectivity index (χ3n) is 7.56. The lowest BCUT2D eigenvalue weighted by Gasteiger charge is -2.27. The van der Waals surface area contributed by atoms with Crippen LogP contribution in [0.15, 0.2) is 41.4 Å². The Labute approximate surface area is 207 Å². The molecule has 1 aromatic heterocycles. The Morgan fingerprint density at radius 3 is 2.57 bits per heavy atom. The molecule has 1 saturated carbocycles. The first kappa shape index (κ1) is 24.8. The quantitative estimate of drug-likeness (QED) is 0.611. The summed E-state index contributed by atoms with van der Waals surface area (Å²) in [5, 5.41) is 10.3. The first-order valence-electron chi connectivity index (χ1n) is 11.8. The molecule has 3 fully saturated rings. The zero-order chi connectivity index (χ0) is 25.0. The summed E-state index contributed by atoms with van der Waals surface area (Å²) in [5.41, 5.74) is -0.627. The van der Waals surface area contributed by atoms with Crippen molar-refractivity contribution >= 4 is 27.4 Å². The lowest BCUT2D eigenvalue weighted by atomic mass is 9.80. The Hall–Kier alpha value is -1.88. The topological polar surface area (TPSA) is 73.7 Å². The fraction of sp³-hybridized carbons (Fsp3) is 0.542. The third-order valence-corrected chi connectivity index (χ3v) is 9.84. The van der Waals surface area contributed by atoms with Gasteiger partial charge in [-0.25, -0.2) is 13.4 Å². The van der Waals surface area contributed by atoms with Gasteiger partial charge in [0.15, 0.2) is 0 Å². The van der Waals surface area contributed by atoms with Crippen LogP contribution < -0.4 is 4.90 Å². The van der Waals surface area contributed by atoms with Crippen molar-refractivity contribution in [2.24, 2.45) is 11.8 Å². The molecule has 190 valence electrons. The number of sulfonamides is 1. The maximum Gasteiger partial charge on any atom is 0.417 e. The predicted octanol–water partition coefficient (Wildman–Crippen LogP) is 4.88. The molecule has 5 rings (SSSR count). The van der Waals surface area contributed by atoms with E-state index in [1.807, 2.05) is 0 Å². The van der Waals surface area contributed by atoms with Gasteiger partial charge in [-0.2, -0.15) is 17.5 Å². The lowest BCUT2D eigenvalue weighted by Crippen LogP contribution is -2.33. The number of pyridine rings is 1. The number of benzene rings is 1. The standard InChI is InChI=1S/C24H27ClF3N3O3S/c25-20-5-2-1-4-18(20)21-6-3-9-31(21)35(33,34)22-12-29-23(11-19(22)24(26,27)28)30-13-15-7-8-17(32)10-16(15)14-30/h1-2,4-5,11-12,15-17,21,32H,3,6-10,13-14H2/t15-,16+,17-,21?/m1/s1. The third kappa shape index (κ3) is 4.65. The number of aliphatic hydroxyl groups excluding tert-OH is 1. The molecule has 2 saturated heterocycles. The lowest BCUT2D eigenvalue weighted by molar-refractivity contribution is -0.140. The molecule has 6 nitrogen and oxygen atoms in total. The van der Waals surface area contributed by atoms with Crippen LogP contribution in [-0.2, 0) is 16.2 Å². The average molecular weight is 530 g/mol. The van der Waals surface area contributed by atoms with E-state index in [-0.39, 0.29) is 24.4 Å². The fourth-order valence-corrected chi connectivity index (χ4v) is 7.91. The van der Waals surface area contributed by atoms with Crippen molar-refractivity contribution in [2.75, 3.05) is 24.5 Å². The summed E-state index contributed by atoms with van der Waals surface area (Å²) in [7, 11) is -4.49. The van der Waals surface area contributed by atoms with Crippen LogP contribution in [0.4, 0.5) is 19.0 Å². The number of halogens is 4. The molecular weight excluding hydrogens is 503 g/mol. The van der Waals surface area contributed by atoms with Gasteiger partial charge in [0.2, 0.25) is 10.0 Å². The highest BCUT2D eigenvalue weighted by Gasteiger charge is 2.44. The van der Waals surface area contributed by atoms with E-state index in [2.05, 4.69) is 4.98 Å². The van der Waals surface area contributed by atoms with Crippen LogP contribution in [0, 0.1) is 11.8 Å². The van der Waals surface area contributed by atoms with Crippen LogP contribution in [0.5, 0.6) is 0 Å². The second-order valence-corrected chi connectivity index (χ2v) is 12.0. The Kier molecular flexibility index (Phi) is 6.52. The molecule has 2 aromatic rings. The molecule has 4 atom stereocenters. The van der Waals surface area contributed by atoms with Gasteiger partial charge in [-0.3, -0.25) is 0 Å². The van der Waals surface area contributed by atoms with E-state index in [9.17, 15) is 26.7 Å². The highest BCUT2D eigenvalue weighted by molar-refractivity contribution is 7.89. The predicted molar refractivity (Wildman–Crippen MR) is 126 cm³/mol. The number of rotatable bonds is 4. The van der Waals surface area contributed by atoms with Gasteiger partial charge >= 0.3 is 6.18 Å². The van der Waals surface area contributed by atoms with Crippen molar-refractivity contribution in [1.29, 1.82) is 0 Å². The molecule has 3 aliphatic rings. The van der Waals surface area contributed by atoms with Crippen LogP contribution in [0.2, 0.25) is 5.02 Å². The number of hydrogen-bond acceptors (Lipinski definition) is 5. The van der Waals surface area contributed by atoms with Gasteiger partial charge in [-0.1, -0.05) is 29.8 Å². The second-order valence-electron chi connectivity index (χ2n) is 9.72. The Morgan fingerprint density at radius 1 is 1.09 bits per heavy atom. The summed E-state index contributed by atoms with van der Waals surface area (Å²) in [4.78, 5) is 5.14. The van der Waals surface area contributed by atoms with Crippen molar-refractivity contribution in [2.45, 2.75) is 55.3 Å². The summed E-state index contributed by atoms with van der Waals surface area (Å²) >= 11 is 6.29. The van der Waals surface area contributed by atoms with Crippen LogP contribution in [0.3, 0.4) is 0 Å². The number of alkyl halides is 3. The summed E-state index contributed by atoms with van der Waals surface area (Å²) in [5.74, 6) is 0.599. The summed E-state index contributed by atoms with van der Waals surface area (Å²) in [6.07, 6.45) is -1.28. The van der Waals surface area contributed by atoms with Gasteiger partial charge in [-0.05, 0) is 61.6 Å². The van der Waals surface area contributed by atoms with Gasteiger partial charge in [0.25, 0.3) is 0 Å². The smallest absolute Gasteiger partial charge is 0.393 e. The number of fused-ring (bicyclic) bond motifs is 1. The van der Waals surface area contributed by atoms with E-state index >= 15 is 0 Å².